The van der Waals surface area contributed by atoms with Gasteiger partial charge in [0.1, 0.15) is 17.1 Å². The lowest BCUT2D eigenvalue weighted by Gasteiger charge is -2.12. The molecule has 0 bridgehead atoms. The van der Waals surface area contributed by atoms with Gasteiger partial charge in [0, 0.05) is 18.2 Å². The molecular weight excluding hydrogens is 470 g/mol. The van der Waals surface area contributed by atoms with Crippen LogP contribution in [0.3, 0.4) is 0 Å². The predicted octanol–water partition coefficient (Wildman–Crippen LogP) is 3.27. The second-order valence-electron chi connectivity index (χ2n) is 7.52. The largest absolute Gasteiger partial charge is 0.595 e. The Morgan fingerprint density at radius 1 is 1.00 bits per heavy atom. The number of quaternary nitrogens is 1. The zero-order valence-corrected chi connectivity index (χ0v) is 19.3. The molecule has 184 valence electrons. The van der Waals surface area contributed by atoms with Crippen LogP contribution in [-0.4, -0.2) is 30.9 Å². The van der Waals surface area contributed by atoms with Gasteiger partial charge < -0.3 is 23.8 Å². The zero-order valence-electron chi connectivity index (χ0n) is 19.3. The Morgan fingerprint density at radius 3 is 2.39 bits per heavy atom. The Hall–Kier alpha value is -4.51. The van der Waals surface area contributed by atoms with Crippen LogP contribution in [0, 0.1) is 5.21 Å². The second kappa shape index (κ2) is 10.4. The maximum absolute atomic E-state index is 13.4. The van der Waals surface area contributed by atoms with Crippen LogP contribution < -0.4 is 20.1 Å². The first-order chi connectivity index (χ1) is 17.3. The van der Waals surface area contributed by atoms with Crippen LogP contribution in [0.2, 0.25) is 0 Å². The van der Waals surface area contributed by atoms with Crippen molar-refractivity contribution < 1.29 is 38.7 Å². The van der Waals surface area contributed by atoms with Crippen LogP contribution in [0.15, 0.2) is 75.9 Å². The number of ether oxygens (including phenoxy) is 3. The van der Waals surface area contributed by atoms with Gasteiger partial charge in [-0.25, -0.2) is 14.8 Å². The van der Waals surface area contributed by atoms with E-state index in [1.807, 2.05) is 0 Å². The SMILES string of the molecule is CCOC(=O)c1oc2cc(OC(=O)c3cccc([NH+]([O-])O)c3)ccc2c(=O)c1-c1ccc(OC)cc1. The van der Waals surface area contributed by atoms with Crippen molar-refractivity contribution in [3.63, 3.8) is 0 Å². The minimum absolute atomic E-state index is 0.00454. The summed E-state index contributed by atoms with van der Waals surface area (Å²) >= 11 is 0. The number of hydrogen-bond acceptors (Lipinski definition) is 9. The molecule has 0 saturated carbocycles. The van der Waals surface area contributed by atoms with E-state index in [0.29, 0.717) is 11.3 Å². The summed E-state index contributed by atoms with van der Waals surface area (Å²) in [6.45, 7) is 1.69. The Balaban J connectivity index is 1.77. The standard InChI is InChI=1S/C26H21NO9/c1-3-34-26(30)24-22(15-7-9-18(33-2)10-8-15)23(28)20-12-11-19(14-21(20)36-24)35-25(29)16-5-4-6-17(13-16)27(31)32/h4-14,27,31H,3H2,1-2H3. The highest BCUT2D eigenvalue weighted by atomic mass is 16.8. The van der Waals surface area contributed by atoms with Crippen LogP contribution >= 0.6 is 0 Å². The Bertz CT molecular complexity index is 1490. The molecule has 4 aromatic rings. The summed E-state index contributed by atoms with van der Waals surface area (Å²) < 4.78 is 21.4. The average Bonchev–Trinajstić information content (AvgIpc) is 2.88. The lowest BCUT2D eigenvalue weighted by Crippen LogP contribution is -2.99. The molecular formula is C26H21NO9. The molecule has 0 aliphatic heterocycles. The number of methoxy groups -OCH3 is 1. The number of fused-ring (bicyclic) bond motifs is 1. The van der Waals surface area contributed by atoms with Gasteiger partial charge >= 0.3 is 11.9 Å². The number of nitrogens with one attached hydrogen (secondary N) is 1. The number of hydrogen-bond donors (Lipinski definition) is 2. The molecule has 0 aliphatic carbocycles. The van der Waals surface area contributed by atoms with Gasteiger partial charge in [0.25, 0.3) is 0 Å². The lowest BCUT2D eigenvalue weighted by molar-refractivity contribution is -0.991. The van der Waals surface area contributed by atoms with Crippen LogP contribution in [0.1, 0.15) is 27.8 Å². The van der Waals surface area contributed by atoms with Gasteiger partial charge in [0.05, 0.1) is 30.2 Å². The van der Waals surface area contributed by atoms with Crippen molar-refractivity contribution in [2.75, 3.05) is 13.7 Å². The van der Waals surface area contributed by atoms with Gasteiger partial charge in [-0.05, 0) is 42.8 Å². The number of benzene rings is 3. The fourth-order valence-electron chi connectivity index (χ4n) is 3.54. The molecule has 36 heavy (non-hydrogen) atoms. The summed E-state index contributed by atoms with van der Waals surface area (Å²) in [7, 11) is 1.51. The fraction of sp³-hybridized carbons (Fsp3) is 0.115. The first kappa shape index (κ1) is 24.6. The second-order valence-corrected chi connectivity index (χ2v) is 7.52. The smallest absolute Gasteiger partial charge is 0.375 e. The van der Waals surface area contributed by atoms with Crippen molar-refractivity contribution >= 4 is 28.6 Å². The first-order valence-electron chi connectivity index (χ1n) is 10.8. The molecule has 4 rings (SSSR count). The van der Waals surface area contributed by atoms with Crippen molar-refractivity contribution in [3.05, 3.63) is 93.5 Å². The highest BCUT2D eigenvalue weighted by molar-refractivity contribution is 5.98. The molecule has 1 heterocycles. The van der Waals surface area contributed by atoms with E-state index in [9.17, 15) is 19.6 Å². The topological polar surface area (TPSA) is 140 Å². The first-order valence-corrected chi connectivity index (χ1v) is 10.8. The van der Waals surface area contributed by atoms with E-state index in [1.165, 1.54) is 49.6 Å². The Morgan fingerprint density at radius 2 is 1.72 bits per heavy atom. The Kier molecular flexibility index (Phi) is 7.11. The number of carbonyl (C=O) groups is 2. The molecule has 0 amide bonds. The van der Waals surface area contributed by atoms with Crippen LogP contribution in [-0.2, 0) is 4.74 Å². The van der Waals surface area contributed by atoms with Crippen molar-refractivity contribution in [1.82, 2.24) is 0 Å². The minimum atomic E-state index is -1.18. The van der Waals surface area contributed by atoms with Crippen LogP contribution in [0.25, 0.3) is 22.1 Å². The summed E-state index contributed by atoms with van der Waals surface area (Å²) in [5, 5.41) is 19.3. The molecule has 3 aromatic carbocycles. The third kappa shape index (κ3) is 4.96. The quantitative estimate of drug-likeness (QED) is 0.226. The molecule has 1 unspecified atom stereocenters. The van der Waals surface area contributed by atoms with E-state index < -0.39 is 22.6 Å². The summed E-state index contributed by atoms with van der Waals surface area (Å²) in [6, 6.07) is 16.0. The Labute approximate surface area is 204 Å². The molecule has 0 fully saturated rings. The average molecular weight is 491 g/mol. The van der Waals surface area contributed by atoms with Crippen molar-refractivity contribution in [1.29, 1.82) is 0 Å². The number of esters is 2. The third-order valence-electron chi connectivity index (χ3n) is 5.26. The van der Waals surface area contributed by atoms with E-state index in [4.69, 9.17) is 23.8 Å². The highest BCUT2D eigenvalue weighted by Crippen LogP contribution is 2.29. The van der Waals surface area contributed by atoms with Gasteiger partial charge in [-0.2, -0.15) is 5.23 Å². The summed E-state index contributed by atoms with van der Waals surface area (Å²) in [5.41, 5.74) is -0.0545. The molecule has 10 nitrogen and oxygen atoms in total. The van der Waals surface area contributed by atoms with Gasteiger partial charge in [0.2, 0.25) is 11.2 Å². The molecule has 1 aromatic heterocycles. The maximum Gasteiger partial charge on any atom is 0.375 e. The summed E-state index contributed by atoms with van der Waals surface area (Å²) in [5.74, 6) is -1.32. The molecule has 0 radical (unpaired) electrons. The lowest BCUT2D eigenvalue weighted by atomic mass is 10.0. The molecule has 1 atom stereocenters. The summed E-state index contributed by atoms with van der Waals surface area (Å²) in [6.07, 6.45) is 0. The normalized spacial score (nSPS) is 11.7. The van der Waals surface area contributed by atoms with E-state index in [-0.39, 0.29) is 45.9 Å². The highest BCUT2D eigenvalue weighted by Gasteiger charge is 2.24. The minimum Gasteiger partial charge on any atom is -0.595 e. The van der Waals surface area contributed by atoms with Gasteiger partial charge in [0.15, 0.2) is 5.69 Å². The monoisotopic (exact) mass is 491 g/mol. The van der Waals surface area contributed by atoms with Crippen LogP contribution in [0.4, 0.5) is 5.69 Å². The molecule has 10 heteroatoms. The van der Waals surface area contributed by atoms with E-state index in [1.54, 1.807) is 31.2 Å². The number of carbonyl (C=O) groups excluding carboxylic acids is 2. The maximum atomic E-state index is 13.4. The molecule has 0 spiro atoms. The molecule has 2 N–H and O–H groups in total. The van der Waals surface area contributed by atoms with Crippen molar-refractivity contribution in [2.24, 2.45) is 0 Å². The molecule has 0 aliphatic rings. The van der Waals surface area contributed by atoms with Gasteiger partial charge in [-0.1, -0.05) is 18.2 Å². The summed E-state index contributed by atoms with van der Waals surface area (Å²) in [4.78, 5) is 38.6. The van der Waals surface area contributed by atoms with E-state index in [2.05, 4.69) is 0 Å². The fourth-order valence-corrected chi connectivity index (χ4v) is 3.54. The van der Waals surface area contributed by atoms with E-state index in [0.717, 1.165) is 0 Å². The van der Waals surface area contributed by atoms with Crippen LogP contribution in [0.5, 0.6) is 11.5 Å². The zero-order chi connectivity index (χ0) is 25.8. The molecule has 0 saturated heterocycles. The van der Waals surface area contributed by atoms with Crippen molar-refractivity contribution in [3.8, 4) is 22.6 Å². The van der Waals surface area contributed by atoms with Gasteiger partial charge in [-0.3, -0.25) is 4.79 Å². The third-order valence-corrected chi connectivity index (χ3v) is 5.26. The van der Waals surface area contributed by atoms with E-state index >= 15 is 0 Å². The van der Waals surface area contributed by atoms with Gasteiger partial charge in [-0.15, -0.1) is 0 Å². The predicted molar refractivity (Wildman–Crippen MR) is 128 cm³/mol. The number of rotatable bonds is 7. The van der Waals surface area contributed by atoms with Crippen molar-refractivity contribution in [2.45, 2.75) is 6.92 Å².